The summed E-state index contributed by atoms with van der Waals surface area (Å²) in [7, 11) is 2.86. The molecule has 1 N–H and O–H groups in total. The number of Topliss-reactive ketones (excluding diaryl/α,β-unsaturated/α-hetero) is 1. The van der Waals surface area contributed by atoms with Crippen molar-refractivity contribution in [3.63, 3.8) is 0 Å². The third kappa shape index (κ3) is 4.94. The molecule has 1 saturated carbocycles. The summed E-state index contributed by atoms with van der Waals surface area (Å²) < 4.78 is 9.80. The van der Waals surface area contributed by atoms with Gasteiger partial charge in [0.15, 0.2) is 5.78 Å². The van der Waals surface area contributed by atoms with Gasteiger partial charge in [-0.25, -0.2) is 0 Å². The van der Waals surface area contributed by atoms with Gasteiger partial charge in [0, 0.05) is 18.9 Å². The summed E-state index contributed by atoms with van der Waals surface area (Å²) in [5.41, 5.74) is 1.14. The predicted octanol–water partition coefficient (Wildman–Crippen LogP) is 3.92. The fourth-order valence-corrected chi connectivity index (χ4v) is 2.99. The first-order valence-electron chi connectivity index (χ1n) is 8.50. The summed E-state index contributed by atoms with van der Waals surface area (Å²) in [6.45, 7) is 3.99. The van der Waals surface area contributed by atoms with Crippen LogP contribution >= 0.6 is 0 Å². The van der Waals surface area contributed by atoms with Crippen molar-refractivity contribution in [3.05, 3.63) is 35.6 Å². The fourth-order valence-electron chi connectivity index (χ4n) is 2.99. The van der Waals surface area contributed by atoms with Gasteiger partial charge in [-0.05, 0) is 24.0 Å². The molecule has 6 nitrogen and oxygen atoms in total. The third-order valence-corrected chi connectivity index (χ3v) is 4.25. The SMILES string of the molecule is COC(=O)CC/C(O)=C1\C(=O)CC(C)(C)CC1=Nc1cccc(OC)c1. The van der Waals surface area contributed by atoms with Gasteiger partial charge in [0.25, 0.3) is 0 Å². The molecule has 6 heteroatoms. The predicted molar refractivity (Wildman–Crippen MR) is 99.0 cm³/mol. The standard InChI is InChI=1S/C20H25NO5/c1-20(2)11-15(21-13-6-5-7-14(10-13)25-3)19(17(23)12-20)16(22)8-9-18(24)26-4/h5-7,10,22H,8-9,11-12H2,1-4H3/b19-16+,21-15?. The molecule has 0 unspecified atom stereocenters. The van der Waals surface area contributed by atoms with E-state index in [0.717, 1.165) is 0 Å². The number of ketones is 1. The van der Waals surface area contributed by atoms with Crippen molar-refractivity contribution in [1.29, 1.82) is 0 Å². The van der Waals surface area contributed by atoms with Crippen LogP contribution in [0.4, 0.5) is 5.69 Å². The number of nitrogens with zero attached hydrogens (tertiary/aromatic N) is 1. The largest absolute Gasteiger partial charge is 0.511 e. The normalized spacial score (nSPS) is 20.0. The number of methoxy groups -OCH3 is 2. The number of hydrogen-bond acceptors (Lipinski definition) is 6. The molecule has 0 amide bonds. The average Bonchev–Trinajstić information content (AvgIpc) is 2.58. The molecule has 0 radical (unpaired) electrons. The molecule has 140 valence electrons. The maximum Gasteiger partial charge on any atom is 0.305 e. The molecule has 1 aromatic rings. The van der Waals surface area contributed by atoms with E-state index >= 15 is 0 Å². The Morgan fingerprint density at radius 2 is 1.96 bits per heavy atom. The minimum absolute atomic E-state index is 0.00888. The van der Waals surface area contributed by atoms with Gasteiger partial charge in [0.2, 0.25) is 0 Å². The van der Waals surface area contributed by atoms with Gasteiger partial charge in [-0.1, -0.05) is 19.9 Å². The summed E-state index contributed by atoms with van der Waals surface area (Å²) >= 11 is 0. The number of allylic oxidation sites excluding steroid dienone is 2. The summed E-state index contributed by atoms with van der Waals surface area (Å²) in [6, 6.07) is 7.20. The monoisotopic (exact) mass is 359 g/mol. The zero-order valence-electron chi connectivity index (χ0n) is 15.7. The van der Waals surface area contributed by atoms with Crippen LogP contribution in [0.25, 0.3) is 0 Å². The molecule has 1 aromatic carbocycles. The Hall–Kier alpha value is -2.63. The quantitative estimate of drug-likeness (QED) is 0.489. The molecule has 2 rings (SSSR count). The molecule has 0 bridgehead atoms. The van der Waals surface area contributed by atoms with Gasteiger partial charge in [0.1, 0.15) is 11.5 Å². The van der Waals surface area contributed by atoms with Gasteiger partial charge >= 0.3 is 5.97 Å². The molecular formula is C20H25NO5. The van der Waals surface area contributed by atoms with Gasteiger partial charge in [-0.15, -0.1) is 0 Å². The number of benzene rings is 1. The van der Waals surface area contributed by atoms with Crippen LogP contribution in [0.2, 0.25) is 0 Å². The molecule has 0 saturated heterocycles. The lowest BCUT2D eigenvalue weighted by Crippen LogP contribution is -2.32. The van der Waals surface area contributed by atoms with E-state index in [9.17, 15) is 14.7 Å². The molecule has 26 heavy (non-hydrogen) atoms. The zero-order valence-corrected chi connectivity index (χ0v) is 15.7. The smallest absolute Gasteiger partial charge is 0.305 e. The van der Waals surface area contributed by atoms with Crippen molar-refractivity contribution in [1.82, 2.24) is 0 Å². The number of carbonyl (C=O) groups is 2. The highest BCUT2D eigenvalue weighted by Gasteiger charge is 2.36. The summed E-state index contributed by atoms with van der Waals surface area (Å²) in [5, 5.41) is 10.5. The second-order valence-electron chi connectivity index (χ2n) is 7.10. The number of rotatable bonds is 5. The van der Waals surface area contributed by atoms with Crippen LogP contribution in [0.15, 0.2) is 40.6 Å². The zero-order chi connectivity index (χ0) is 19.3. The van der Waals surface area contributed by atoms with Crippen molar-refractivity contribution in [2.45, 2.75) is 39.5 Å². The van der Waals surface area contributed by atoms with E-state index in [2.05, 4.69) is 9.73 Å². The first kappa shape index (κ1) is 19.7. The lowest BCUT2D eigenvalue weighted by atomic mass is 9.73. The van der Waals surface area contributed by atoms with Crippen LogP contribution in [-0.2, 0) is 14.3 Å². The second-order valence-corrected chi connectivity index (χ2v) is 7.10. The maximum absolute atomic E-state index is 12.6. The highest BCUT2D eigenvalue weighted by atomic mass is 16.5. The number of hydrogen-bond donors (Lipinski definition) is 1. The van der Waals surface area contributed by atoms with Crippen molar-refractivity contribution in [2.24, 2.45) is 10.4 Å². The molecule has 1 aliphatic carbocycles. The number of aliphatic hydroxyl groups is 1. The van der Waals surface area contributed by atoms with E-state index in [1.54, 1.807) is 13.2 Å². The average molecular weight is 359 g/mol. The molecule has 0 spiro atoms. The Morgan fingerprint density at radius 3 is 2.62 bits per heavy atom. The van der Waals surface area contributed by atoms with Gasteiger partial charge in [-0.2, -0.15) is 0 Å². The number of carbonyl (C=O) groups excluding carboxylic acids is 2. The second kappa shape index (κ2) is 8.17. The van der Waals surface area contributed by atoms with E-state index in [-0.39, 0.29) is 35.4 Å². The lowest BCUT2D eigenvalue weighted by molar-refractivity contribution is -0.140. The van der Waals surface area contributed by atoms with Crippen molar-refractivity contribution in [2.75, 3.05) is 14.2 Å². The Morgan fingerprint density at radius 1 is 1.23 bits per heavy atom. The van der Waals surface area contributed by atoms with Crippen LogP contribution in [0, 0.1) is 5.41 Å². The molecule has 0 atom stereocenters. The lowest BCUT2D eigenvalue weighted by Gasteiger charge is -2.31. The van der Waals surface area contributed by atoms with Crippen molar-refractivity contribution in [3.8, 4) is 5.75 Å². The maximum atomic E-state index is 12.6. The molecule has 0 aliphatic heterocycles. The number of aliphatic imine (C=N–C) groups is 1. The highest BCUT2D eigenvalue weighted by Crippen LogP contribution is 2.37. The number of esters is 1. The van der Waals surface area contributed by atoms with E-state index in [0.29, 0.717) is 30.0 Å². The van der Waals surface area contributed by atoms with Gasteiger partial charge in [0.05, 0.1) is 37.6 Å². The summed E-state index contributed by atoms with van der Waals surface area (Å²) in [6.07, 6.45) is 0.926. The number of ether oxygens (including phenoxy) is 2. The van der Waals surface area contributed by atoms with E-state index in [1.165, 1.54) is 7.11 Å². The van der Waals surface area contributed by atoms with Crippen LogP contribution in [-0.4, -0.2) is 36.8 Å². The Kier molecular flexibility index (Phi) is 6.18. The first-order valence-corrected chi connectivity index (χ1v) is 8.50. The van der Waals surface area contributed by atoms with Gasteiger partial charge in [-0.3, -0.25) is 14.6 Å². The van der Waals surface area contributed by atoms with Crippen LogP contribution in [0.1, 0.15) is 39.5 Å². The molecule has 0 heterocycles. The highest BCUT2D eigenvalue weighted by molar-refractivity contribution is 6.25. The summed E-state index contributed by atoms with van der Waals surface area (Å²) in [5.74, 6) is -0.0523. The van der Waals surface area contributed by atoms with Crippen molar-refractivity contribution < 1.29 is 24.2 Å². The first-order chi connectivity index (χ1) is 12.3. The molecule has 1 aliphatic rings. The van der Waals surface area contributed by atoms with E-state index in [1.807, 2.05) is 32.0 Å². The Balaban J connectivity index is 2.43. The minimum Gasteiger partial charge on any atom is -0.511 e. The fraction of sp³-hybridized carbons (Fsp3) is 0.450. The molecular weight excluding hydrogens is 334 g/mol. The minimum atomic E-state index is -0.438. The Labute approximate surface area is 153 Å². The van der Waals surface area contributed by atoms with Crippen LogP contribution in [0.5, 0.6) is 5.75 Å². The Bertz CT molecular complexity index is 761. The molecule has 0 aromatic heterocycles. The third-order valence-electron chi connectivity index (χ3n) is 4.25. The number of aliphatic hydroxyl groups excluding tert-OH is 1. The summed E-state index contributed by atoms with van der Waals surface area (Å²) in [4.78, 5) is 28.6. The molecule has 1 fully saturated rings. The van der Waals surface area contributed by atoms with Gasteiger partial charge < -0.3 is 14.6 Å². The van der Waals surface area contributed by atoms with Crippen LogP contribution in [0.3, 0.4) is 0 Å². The topological polar surface area (TPSA) is 85.2 Å². The van der Waals surface area contributed by atoms with E-state index < -0.39 is 5.97 Å². The van der Waals surface area contributed by atoms with Crippen LogP contribution < -0.4 is 4.74 Å². The van der Waals surface area contributed by atoms with Crippen molar-refractivity contribution >= 4 is 23.2 Å². The van der Waals surface area contributed by atoms with E-state index in [4.69, 9.17) is 4.74 Å².